The molecule has 3 rings (SSSR count). The molecule has 0 aliphatic heterocycles. The van der Waals surface area contributed by atoms with Crippen molar-refractivity contribution in [3.05, 3.63) is 96.2 Å². The normalized spacial score (nSPS) is 11.6. The van der Waals surface area contributed by atoms with Gasteiger partial charge in [0.15, 0.2) is 5.11 Å². The van der Waals surface area contributed by atoms with Gasteiger partial charge in [-0.05, 0) is 73.6 Å². The Morgan fingerprint density at radius 2 is 1.97 bits per heavy atom. The first kappa shape index (κ1) is 21.6. The van der Waals surface area contributed by atoms with Gasteiger partial charge in [0.25, 0.3) is 0 Å². The third kappa shape index (κ3) is 5.70. The summed E-state index contributed by atoms with van der Waals surface area (Å²) in [7, 11) is 1.64. The molecule has 1 heterocycles. The standard InChI is InChI=1S/C24H25FN2O2S/c1-17(2)14-23(18-9-11-21(28-3)12-10-18)27(16-22-8-5-13-29-22)24(30)26-20-7-4-6-19(25)15-20/h4-13,15,23H,1,14,16H2,2-3H3,(H,26,30)/t23-/m0/s1. The molecule has 0 radical (unpaired) electrons. The van der Waals surface area contributed by atoms with Crippen LogP contribution < -0.4 is 10.1 Å². The molecule has 0 aliphatic carbocycles. The van der Waals surface area contributed by atoms with E-state index < -0.39 is 0 Å². The number of methoxy groups -OCH3 is 1. The van der Waals surface area contributed by atoms with Gasteiger partial charge >= 0.3 is 0 Å². The lowest BCUT2D eigenvalue weighted by Crippen LogP contribution is -2.37. The van der Waals surface area contributed by atoms with Gasteiger partial charge in [0.2, 0.25) is 0 Å². The van der Waals surface area contributed by atoms with Crippen molar-refractivity contribution in [1.82, 2.24) is 4.90 Å². The van der Waals surface area contributed by atoms with Crippen LogP contribution in [0.2, 0.25) is 0 Å². The van der Waals surface area contributed by atoms with Crippen LogP contribution in [0.3, 0.4) is 0 Å². The average Bonchev–Trinajstić information content (AvgIpc) is 3.24. The van der Waals surface area contributed by atoms with Crippen LogP contribution in [-0.4, -0.2) is 17.1 Å². The van der Waals surface area contributed by atoms with Crippen molar-refractivity contribution < 1.29 is 13.5 Å². The zero-order chi connectivity index (χ0) is 21.5. The molecule has 0 bridgehead atoms. The molecule has 0 amide bonds. The molecule has 30 heavy (non-hydrogen) atoms. The number of thiocarbonyl (C=S) groups is 1. The van der Waals surface area contributed by atoms with Crippen LogP contribution in [0.15, 0.2) is 83.5 Å². The maximum Gasteiger partial charge on any atom is 0.174 e. The molecule has 0 aliphatic rings. The zero-order valence-corrected chi connectivity index (χ0v) is 17.9. The Morgan fingerprint density at radius 1 is 1.20 bits per heavy atom. The SMILES string of the molecule is C=C(C)C[C@@H](c1ccc(OC)cc1)N(Cc1ccco1)C(=S)Nc1cccc(F)c1. The highest BCUT2D eigenvalue weighted by Gasteiger charge is 2.24. The fourth-order valence-electron chi connectivity index (χ4n) is 3.22. The monoisotopic (exact) mass is 424 g/mol. The molecule has 0 unspecified atom stereocenters. The van der Waals surface area contributed by atoms with Crippen LogP contribution in [0, 0.1) is 5.82 Å². The van der Waals surface area contributed by atoms with Gasteiger partial charge < -0.3 is 19.4 Å². The van der Waals surface area contributed by atoms with Crippen molar-refractivity contribution in [3.8, 4) is 5.75 Å². The second kappa shape index (κ2) is 10.1. The minimum atomic E-state index is -0.325. The lowest BCUT2D eigenvalue weighted by Gasteiger charge is -2.34. The number of rotatable bonds is 8. The van der Waals surface area contributed by atoms with Crippen molar-refractivity contribution in [1.29, 1.82) is 0 Å². The molecule has 1 N–H and O–H groups in total. The topological polar surface area (TPSA) is 37.6 Å². The fraction of sp³-hybridized carbons (Fsp3) is 0.208. The Balaban J connectivity index is 1.95. The molecule has 0 spiro atoms. The summed E-state index contributed by atoms with van der Waals surface area (Å²) < 4.78 is 24.5. The van der Waals surface area contributed by atoms with Gasteiger partial charge in [-0.3, -0.25) is 0 Å². The van der Waals surface area contributed by atoms with E-state index in [0.717, 1.165) is 22.6 Å². The maximum atomic E-state index is 13.7. The van der Waals surface area contributed by atoms with Crippen LogP contribution in [0.1, 0.15) is 30.7 Å². The Kier molecular flexibility index (Phi) is 7.25. The van der Waals surface area contributed by atoms with Gasteiger partial charge in [0.05, 0.1) is 26.0 Å². The lowest BCUT2D eigenvalue weighted by atomic mass is 9.98. The Hall–Kier alpha value is -3.12. The van der Waals surface area contributed by atoms with Crippen molar-refractivity contribution in [2.45, 2.75) is 25.9 Å². The van der Waals surface area contributed by atoms with E-state index in [4.69, 9.17) is 21.4 Å². The van der Waals surface area contributed by atoms with E-state index in [1.165, 1.54) is 12.1 Å². The van der Waals surface area contributed by atoms with E-state index in [0.29, 0.717) is 23.8 Å². The van der Waals surface area contributed by atoms with Crippen LogP contribution in [0.25, 0.3) is 0 Å². The molecule has 0 saturated heterocycles. The number of hydrogen-bond acceptors (Lipinski definition) is 3. The van der Waals surface area contributed by atoms with Crippen molar-refractivity contribution in [2.24, 2.45) is 0 Å². The highest BCUT2D eigenvalue weighted by atomic mass is 32.1. The summed E-state index contributed by atoms with van der Waals surface area (Å²) in [5.74, 6) is 1.23. The van der Waals surface area contributed by atoms with E-state index in [1.54, 1.807) is 25.5 Å². The van der Waals surface area contributed by atoms with E-state index in [-0.39, 0.29) is 11.9 Å². The van der Waals surface area contributed by atoms with Crippen LogP contribution in [0.5, 0.6) is 5.75 Å². The number of ether oxygens (including phenoxy) is 1. The third-order valence-electron chi connectivity index (χ3n) is 4.66. The van der Waals surface area contributed by atoms with Gasteiger partial charge in [-0.1, -0.05) is 23.8 Å². The molecule has 2 aromatic carbocycles. The maximum absolute atomic E-state index is 13.7. The van der Waals surface area contributed by atoms with Gasteiger partial charge in [0, 0.05) is 5.69 Å². The second-order valence-electron chi connectivity index (χ2n) is 7.10. The van der Waals surface area contributed by atoms with Crippen molar-refractivity contribution in [3.63, 3.8) is 0 Å². The summed E-state index contributed by atoms with van der Waals surface area (Å²) in [6.07, 6.45) is 2.33. The number of furan rings is 1. The van der Waals surface area contributed by atoms with Crippen LogP contribution in [-0.2, 0) is 6.54 Å². The molecular formula is C24H25FN2O2S. The molecule has 0 fully saturated rings. The Labute approximate surface area is 182 Å². The molecule has 156 valence electrons. The highest BCUT2D eigenvalue weighted by molar-refractivity contribution is 7.80. The van der Waals surface area contributed by atoms with Gasteiger partial charge in [-0.15, -0.1) is 6.58 Å². The van der Waals surface area contributed by atoms with Crippen LogP contribution >= 0.6 is 12.2 Å². The van der Waals surface area contributed by atoms with Crippen LogP contribution in [0.4, 0.5) is 10.1 Å². The molecular weight excluding hydrogens is 399 g/mol. The average molecular weight is 425 g/mol. The summed E-state index contributed by atoms with van der Waals surface area (Å²) in [6.45, 7) is 6.55. The largest absolute Gasteiger partial charge is 0.497 e. The first-order valence-electron chi connectivity index (χ1n) is 9.60. The number of hydrogen-bond donors (Lipinski definition) is 1. The summed E-state index contributed by atoms with van der Waals surface area (Å²) in [5.41, 5.74) is 2.68. The summed E-state index contributed by atoms with van der Waals surface area (Å²) in [4.78, 5) is 2.04. The van der Waals surface area contributed by atoms with Crippen molar-refractivity contribution >= 4 is 23.0 Å². The lowest BCUT2D eigenvalue weighted by molar-refractivity contribution is 0.284. The Bertz CT molecular complexity index is 987. The predicted octanol–water partition coefficient (Wildman–Crippen LogP) is 6.33. The van der Waals surface area contributed by atoms with E-state index >= 15 is 0 Å². The number of anilines is 1. The Morgan fingerprint density at radius 3 is 2.57 bits per heavy atom. The van der Waals surface area contributed by atoms with Gasteiger partial charge in [0.1, 0.15) is 17.3 Å². The molecule has 4 nitrogen and oxygen atoms in total. The molecule has 0 saturated carbocycles. The van der Waals surface area contributed by atoms with Gasteiger partial charge in [-0.25, -0.2) is 4.39 Å². The molecule has 1 atom stereocenters. The minimum absolute atomic E-state index is 0.0907. The van der Waals surface area contributed by atoms with E-state index in [2.05, 4.69) is 11.9 Å². The predicted molar refractivity (Wildman–Crippen MR) is 122 cm³/mol. The summed E-state index contributed by atoms with van der Waals surface area (Å²) >= 11 is 5.75. The molecule has 1 aromatic heterocycles. The molecule has 3 aromatic rings. The summed E-state index contributed by atoms with van der Waals surface area (Å²) in [5, 5.41) is 3.63. The number of nitrogens with zero attached hydrogens (tertiary/aromatic N) is 1. The number of halogens is 1. The zero-order valence-electron chi connectivity index (χ0n) is 17.1. The first-order valence-corrected chi connectivity index (χ1v) is 10.0. The van der Waals surface area contributed by atoms with Gasteiger partial charge in [-0.2, -0.15) is 0 Å². The number of nitrogens with one attached hydrogen (secondary N) is 1. The minimum Gasteiger partial charge on any atom is -0.497 e. The quantitative estimate of drug-likeness (QED) is 0.338. The second-order valence-corrected chi connectivity index (χ2v) is 7.48. The van der Waals surface area contributed by atoms with E-state index in [9.17, 15) is 4.39 Å². The number of benzene rings is 2. The highest BCUT2D eigenvalue weighted by Crippen LogP contribution is 2.31. The fourth-order valence-corrected chi connectivity index (χ4v) is 3.53. The van der Waals surface area contributed by atoms with E-state index in [1.807, 2.05) is 48.2 Å². The van der Waals surface area contributed by atoms with Crippen molar-refractivity contribution in [2.75, 3.05) is 12.4 Å². The first-order chi connectivity index (χ1) is 14.5. The molecule has 6 heteroatoms. The smallest absolute Gasteiger partial charge is 0.174 e. The third-order valence-corrected chi connectivity index (χ3v) is 5.00. The summed E-state index contributed by atoms with van der Waals surface area (Å²) in [6, 6.07) is 17.8.